The van der Waals surface area contributed by atoms with Gasteiger partial charge in [0.05, 0.1) is 24.0 Å². The highest BCUT2D eigenvalue weighted by Gasteiger charge is 2.10. The number of amides is 1. The molecule has 7 heteroatoms. The normalized spacial score (nSPS) is 11.1. The van der Waals surface area contributed by atoms with E-state index >= 15 is 0 Å². The maximum absolute atomic E-state index is 11.5. The third kappa shape index (κ3) is 3.20. The van der Waals surface area contributed by atoms with E-state index in [2.05, 4.69) is 15.4 Å². The Morgan fingerprint density at radius 1 is 1.15 bits per heavy atom. The van der Waals surface area contributed by atoms with Crippen LogP contribution < -0.4 is 11.1 Å². The maximum atomic E-state index is 11.5. The van der Waals surface area contributed by atoms with Crippen LogP contribution in [0.25, 0.3) is 16.6 Å². The Morgan fingerprint density at radius 2 is 2.00 bits per heavy atom. The van der Waals surface area contributed by atoms with Crippen LogP contribution in [-0.2, 0) is 13.1 Å². The van der Waals surface area contributed by atoms with E-state index in [1.165, 1.54) is 0 Å². The highest BCUT2D eigenvalue weighted by Crippen LogP contribution is 2.19. The molecule has 7 nitrogen and oxygen atoms in total. The Labute approximate surface area is 149 Å². The number of oxazole rings is 1. The predicted octanol–water partition coefficient (Wildman–Crippen LogP) is 2.40. The van der Waals surface area contributed by atoms with Crippen molar-refractivity contribution in [1.29, 1.82) is 0 Å². The molecule has 0 unspecified atom stereocenters. The van der Waals surface area contributed by atoms with Crippen molar-refractivity contribution < 1.29 is 9.21 Å². The number of primary amides is 1. The summed E-state index contributed by atoms with van der Waals surface area (Å²) in [4.78, 5) is 15.6. The molecule has 3 N–H and O–H groups in total. The molecule has 0 aliphatic heterocycles. The number of carbonyl (C=O) groups excluding carboxylic acids is 1. The molecule has 4 rings (SSSR count). The number of hydrogen-bond donors (Lipinski definition) is 2. The number of nitrogens with one attached hydrogen (secondary N) is 1. The number of nitrogens with zero attached hydrogens (tertiary/aromatic N) is 3. The number of fused-ring (bicyclic) bond motifs is 1. The van der Waals surface area contributed by atoms with Crippen LogP contribution in [-0.4, -0.2) is 20.7 Å². The van der Waals surface area contributed by atoms with E-state index in [1.807, 2.05) is 36.5 Å². The second-order valence-electron chi connectivity index (χ2n) is 5.88. The van der Waals surface area contributed by atoms with Gasteiger partial charge < -0.3 is 15.5 Å². The molecular formula is C19H17N5O2. The third-order valence-electron chi connectivity index (χ3n) is 4.09. The smallest absolute Gasteiger partial charge is 0.250 e. The third-order valence-corrected chi connectivity index (χ3v) is 4.09. The summed E-state index contributed by atoms with van der Waals surface area (Å²) in [6.07, 6.45) is 5.07. The Kier molecular flexibility index (Phi) is 4.20. The zero-order valence-corrected chi connectivity index (χ0v) is 13.9. The standard InChI is InChI=1S/C19H17N5O2/c20-19(25)16-3-1-2-14-12-24(23-18(14)16)15-6-4-13(5-7-15)10-21-11-17-22-8-9-26-17/h1-9,12,21H,10-11H2,(H2,20,25). The quantitative estimate of drug-likeness (QED) is 0.558. The molecule has 0 aliphatic carbocycles. The summed E-state index contributed by atoms with van der Waals surface area (Å²) < 4.78 is 6.94. The molecule has 0 saturated heterocycles. The van der Waals surface area contributed by atoms with Crippen LogP contribution in [0, 0.1) is 0 Å². The van der Waals surface area contributed by atoms with Gasteiger partial charge in [-0.2, -0.15) is 5.10 Å². The first-order valence-corrected chi connectivity index (χ1v) is 8.17. The molecule has 2 aromatic carbocycles. The van der Waals surface area contributed by atoms with E-state index < -0.39 is 5.91 Å². The summed E-state index contributed by atoms with van der Waals surface area (Å²) in [5.41, 5.74) is 8.50. The monoisotopic (exact) mass is 347 g/mol. The average Bonchev–Trinajstić information content (AvgIpc) is 3.31. The van der Waals surface area contributed by atoms with Gasteiger partial charge in [0, 0.05) is 18.1 Å². The molecule has 0 bridgehead atoms. The molecule has 2 aromatic heterocycles. The zero-order valence-electron chi connectivity index (χ0n) is 13.9. The molecule has 2 heterocycles. The summed E-state index contributed by atoms with van der Waals surface area (Å²) in [5.74, 6) is 0.184. The fraction of sp³-hybridized carbons (Fsp3) is 0.105. The minimum absolute atomic E-state index is 0.425. The van der Waals surface area contributed by atoms with Crippen LogP contribution in [0.15, 0.2) is 65.5 Å². The molecule has 4 aromatic rings. The number of benzene rings is 2. The number of carbonyl (C=O) groups is 1. The number of aromatic nitrogens is 3. The van der Waals surface area contributed by atoms with Gasteiger partial charge in [-0.3, -0.25) is 4.79 Å². The van der Waals surface area contributed by atoms with E-state index in [9.17, 15) is 4.79 Å². The van der Waals surface area contributed by atoms with Crippen molar-refractivity contribution in [3.05, 3.63) is 78.1 Å². The summed E-state index contributed by atoms with van der Waals surface area (Å²) in [7, 11) is 0. The first-order chi connectivity index (χ1) is 12.7. The fourth-order valence-electron chi connectivity index (χ4n) is 2.80. The van der Waals surface area contributed by atoms with Crippen molar-refractivity contribution >= 4 is 16.8 Å². The highest BCUT2D eigenvalue weighted by molar-refractivity contribution is 6.04. The molecule has 0 fully saturated rings. The average molecular weight is 347 g/mol. The Balaban J connectivity index is 1.50. The highest BCUT2D eigenvalue weighted by atomic mass is 16.3. The molecule has 0 spiro atoms. The van der Waals surface area contributed by atoms with Crippen LogP contribution in [0.3, 0.4) is 0 Å². The van der Waals surface area contributed by atoms with Crippen LogP contribution in [0.2, 0.25) is 0 Å². The van der Waals surface area contributed by atoms with Gasteiger partial charge in [0.1, 0.15) is 11.8 Å². The second-order valence-corrected chi connectivity index (χ2v) is 5.88. The van der Waals surface area contributed by atoms with Crippen LogP contribution in [0.5, 0.6) is 0 Å². The van der Waals surface area contributed by atoms with Crippen molar-refractivity contribution in [3.8, 4) is 5.69 Å². The van der Waals surface area contributed by atoms with Crippen LogP contribution >= 0.6 is 0 Å². The van der Waals surface area contributed by atoms with Crippen molar-refractivity contribution in [1.82, 2.24) is 20.1 Å². The molecular weight excluding hydrogens is 330 g/mol. The summed E-state index contributed by atoms with van der Waals surface area (Å²) >= 11 is 0. The van der Waals surface area contributed by atoms with Crippen molar-refractivity contribution in [2.75, 3.05) is 0 Å². The van der Waals surface area contributed by atoms with Gasteiger partial charge in [-0.05, 0) is 23.8 Å². The predicted molar refractivity (Wildman–Crippen MR) is 96.6 cm³/mol. The molecule has 0 saturated carbocycles. The van der Waals surface area contributed by atoms with E-state index in [0.29, 0.717) is 30.1 Å². The topological polar surface area (TPSA) is 99.0 Å². The van der Waals surface area contributed by atoms with Gasteiger partial charge in [-0.15, -0.1) is 0 Å². The van der Waals surface area contributed by atoms with Gasteiger partial charge in [-0.1, -0.05) is 24.3 Å². The lowest BCUT2D eigenvalue weighted by Crippen LogP contribution is -2.12. The molecule has 0 radical (unpaired) electrons. The largest absolute Gasteiger partial charge is 0.448 e. The van der Waals surface area contributed by atoms with Gasteiger partial charge >= 0.3 is 0 Å². The van der Waals surface area contributed by atoms with E-state index in [1.54, 1.807) is 29.3 Å². The molecule has 26 heavy (non-hydrogen) atoms. The van der Waals surface area contributed by atoms with Crippen LogP contribution in [0.4, 0.5) is 0 Å². The maximum Gasteiger partial charge on any atom is 0.250 e. The molecule has 130 valence electrons. The van der Waals surface area contributed by atoms with Crippen molar-refractivity contribution in [2.24, 2.45) is 5.73 Å². The SMILES string of the molecule is NC(=O)c1cccc2cn(-c3ccc(CNCc4ncco4)cc3)nc12. The Morgan fingerprint density at radius 3 is 2.73 bits per heavy atom. The molecule has 0 aliphatic rings. The van der Waals surface area contributed by atoms with E-state index in [-0.39, 0.29) is 0 Å². The zero-order chi connectivity index (χ0) is 17.9. The van der Waals surface area contributed by atoms with Crippen molar-refractivity contribution in [2.45, 2.75) is 13.1 Å². The molecule has 1 amide bonds. The number of hydrogen-bond acceptors (Lipinski definition) is 5. The first kappa shape index (κ1) is 16.0. The minimum atomic E-state index is -0.478. The summed E-state index contributed by atoms with van der Waals surface area (Å²) in [6, 6.07) is 13.4. The van der Waals surface area contributed by atoms with Crippen LogP contribution in [0.1, 0.15) is 21.8 Å². The Hall–Kier alpha value is -3.45. The van der Waals surface area contributed by atoms with E-state index in [0.717, 1.165) is 16.6 Å². The Bertz CT molecular complexity index is 1040. The van der Waals surface area contributed by atoms with Gasteiger partial charge in [0.2, 0.25) is 5.89 Å². The molecule has 0 atom stereocenters. The number of rotatable bonds is 6. The first-order valence-electron chi connectivity index (χ1n) is 8.17. The lowest BCUT2D eigenvalue weighted by Gasteiger charge is -2.05. The van der Waals surface area contributed by atoms with Gasteiger partial charge in [0.25, 0.3) is 5.91 Å². The second kappa shape index (κ2) is 6.81. The summed E-state index contributed by atoms with van der Waals surface area (Å²) in [5, 5.41) is 8.66. The van der Waals surface area contributed by atoms with E-state index in [4.69, 9.17) is 10.2 Å². The van der Waals surface area contributed by atoms with Gasteiger partial charge in [-0.25, -0.2) is 9.67 Å². The lowest BCUT2D eigenvalue weighted by atomic mass is 10.1. The van der Waals surface area contributed by atoms with Gasteiger partial charge in [0.15, 0.2) is 0 Å². The summed E-state index contributed by atoms with van der Waals surface area (Å²) in [6.45, 7) is 1.28. The van der Waals surface area contributed by atoms with Crippen molar-refractivity contribution in [3.63, 3.8) is 0 Å². The lowest BCUT2D eigenvalue weighted by molar-refractivity contribution is 0.100. The number of nitrogens with two attached hydrogens (primary N) is 1. The minimum Gasteiger partial charge on any atom is -0.448 e. The fourth-order valence-corrected chi connectivity index (χ4v) is 2.80.